The van der Waals surface area contributed by atoms with Crippen LogP contribution in [-0.4, -0.2) is 28.2 Å². The zero-order valence-corrected chi connectivity index (χ0v) is 12.9. The summed E-state index contributed by atoms with van der Waals surface area (Å²) in [4.78, 5) is 31.7. The van der Waals surface area contributed by atoms with Gasteiger partial charge in [-0.3, -0.25) is 9.78 Å². The minimum absolute atomic E-state index is 0. The molecule has 2 heterocycles. The second-order valence-corrected chi connectivity index (χ2v) is 5.41. The minimum Gasteiger partial charge on any atom is -0.545 e. The number of hydrogen-bond donors (Lipinski definition) is 2. The van der Waals surface area contributed by atoms with Gasteiger partial charge >= 0.3 is 0 Å². The first-order chi connectivity index (χ1) is 9.25. The molecule has 114 valence electrons. The van der Waals surface area contributed by atoms with Crippen molar-refractivity contribution >= 4 is 17.7 Å². The standard InChI is InChI=1S/C14H17N3O3.H3N/c1-7(2)14(4)13(20)16-11(17-14)10-9(12(18)19)5-8(3)6-15-10;/h5-7H,1-4H3,(H,18,19)(H,16,17,20);1H3/t14-;/m0./s1. The number of hydrogen-bond acceptors (Lipinski definition) is 5. The highest BCUT2D eigenvalue weighted by Crippen LogP contribution is 2.27. The summed E-state index contributed by atoms with van der Waals surface area (Å²) in [7, 11) is 0. The molecule has 0 aromatic carbocycles. The molecule has 1 aromatic rings. The van der Waals surface area contributed by atoms with Crippen LogP contribution in [0.15, 0.2) is 17.3 Å². The van der Waals surface area contributed by atoms with Gasteiger partial charge in [0.1, 0.15) is 11.2 Å². The zero-order chi connectivity index (χ0) is 15.1. The maximum atomic E-state index is 12.1. The highest BCUT2D eigenvalue weighted by Gasteiger charge is 2.42. The predicted octanol–water partition coefficient (Wildman–Crippen LogP) is 0.421. The van der Waals surface area contributed by atoms with Crippen LogP contribution in [0, 0.1) is 12.8 Å². The predicted molar refractivity (Wildman–Crippen MR) is 77.2 cm³/mol. The topological polar surface area (TPSA) is 131 Å². The number of quaternary nitrogens is 1. The van der Waals surface area contributed by atoms with Crippen molar-refractivity contribution in [2.45, 2.75) is 33.2 Å². The van der Waals surface area contributed by atoms with E-state index in [1.165, 1.54) is 12.3 Å². The molecule has 0 spiro atoms. The summed E-state index contributed by atoms with van der Waals surface area (Å²) in [6, 6.07) is 1.46. The number of nitrogens with zero attached hydrogens (tertiary/aromatic N) is 2. The van der Waals surface area contributed by atoms with Crippen molar-refractivity contribution < 1.29 is 14.7 Å². The van der Waals surface area contributed by atoms with Crippen LogP contribution in [0.3, 0.4) is 0 Å². The number of carbonyl (C=O) groups is 2. The number of pyridine rings is 1. The third kappa shape index (κ3) is 2.78. The van der Waals surface area contributed by atoms with E-state index >= 15 is 0 Å². The number of carboxylic acid groups (broad SMARTS) is 1. The number of amidine groups is 1. The lowest BCUT2D eigenvalue weighted by Gasteiger charge is -2.21. The largest absolute Gasteiger partial charge is 0.545 e. The second-order valence-electron chi connectivity index (χ2n) is 5.41. The number of nitrogens with one attached hydrogen (secondary N) is 1. The number of aromatic nitrogens is 1. The van der Waals surface area contributed by atoms with Crippen LogP contribution in [0.4, 0.5) is 0 Å². The van der Waals surface area contributed by atoms with Crippen LogP contribution < -0.4 is 16.6 Å². The van der Waals surface area contributed by atoms with Gasteiger partial charge in [0.25, 0.3) is 5.91 Å². The molecule has 0 radical (unpaired) electrons. The fourth-order valence-electron chi connectivity index (χ4n) is 1.96. The molecule has 0 fully saturated rings. The van der Waals surface area contributed by atoms with Gasteiger partial charge in [-0.1, -0.05) is 13.8 Å². The molecule has 1 atom stereocenters. The molecule has 5 N–H and O–H groups in total. The molecule has 0 bridgehead atoms. The van der Waals surface area contributed by atoms with Crippen molar-refractivity contribution in [1.82, 2.24) is 16.5 Å². The SMILES string of the molecule is Cc1cnc(C2=N[C@@](C)(C(C)C)C(=O)N2)c(C(=O)[O-])c1.[NH4+]. The number of aliphatic imine (C=N–C) groups is 1. The summed E-state index contributed by atoms with van der Waals surface area (Å²) in [6.45, 7) is 7.21. The Hall–Kier alpha value is -2.28. The van der Waals surface area contributed by atoms with Crippen LogP contribution in [0.5, 0.6) is 0 Å². The Bertz CT molecular complexity index is 625. The summed E-state index contributed by atoms with van der Waals surface area (Å²) < 4.78 is 0. The highest BCUT2D eigenvalue weighted by molar-refractivity contribution is 6.17. The van der Waals surface area contributed by atoms with E-state index in [-0.39, 0.29) is 35.1 Å². The number of amides is 1. The number of carboxylic acids is 1. The Kier molecular flexibility index (Phi) is 4.48. The highest BCUT2D eigenvalue weighted by atomic mass is 16.4. The normalized spacial score (nSPS) is 20.8. The first-order valence-corrected chi connectivity index (χ1v) is 6.35. The summed E-state index contributed by atoms with van der Waals surface area (Å²) in [5.41, 5.74) is -0.152. The van der Waals surface area contributed by atoms with Crippen LogP contribution in [0.25, 0.3) is 0 Å². The van der Waals surface area contributed by atoms with Crippen molar-refractivity contribution in [3.8, 4) is 0 Å². The van der Waals surface area contributed by atoms with Crippen molar-refractivity contribution in [1.29, 1.82) is 0 Å². The average Bonchev–Trinajstić information content (AvgIpc) is 2.66. The van der Waals surface area contributed by atoms with Gasteiger partial charge in [-0.15, -0.1) is 0 Å². The summed E-state index contributed by atoms with van der Waals surface area (Å²) in [5.74, 6) is -1.43. The van der Waals surface area contributed by atoms with E-state index in [0.717, 1.165) is 0 Å². The van der Waals surface area contributed by atoms with E-state index in [1.54, 1.807) is 13.8 Å². The maximum Gasteiger partial charge on any atom is 0.253 e. The number of aryl methyl sites for hydroxylation is 1. The Morgan fingerprint density at radius 3 is 2.52 bits per heavy atom. The molecule has 0 saturated heterocycles. The summed E-state index contributed by atoms with van der Waals surface area (Å²) in [5, 5.41) is 13.8. The number of rotatable bonds is 3. The lowest BCUT2D eigenvalue weighted by atomic mass is 9.89. The van der Waals surface area contributed by atoms with Gasteiger partial charge in [0.15, 0.2) is 5.84 Å². The van der Waals surface area contributed by atoms with Gasteiger partial charge in [-0.25, -0.2) is 4.99 Å². The molecular weight excluding hydrogens is 272 g/mol. The smallest absolute Gasteiger partial charge is 0.253 e. The van der Waals surface area contributed by atoms with E-state index < -0.39 is 11.5 Å². The fraction of sp³-hybridized carbons (Fsp3) is 0.429. The van der Waals surface area contributed by atoms with Crippen LogP contribution in [-0.2, 0) is 4.79 Å². The third-order valence-corrected chi connectivity index (χ3v) is 3.63. The molecule has 7 nitrogen and oxygen atoms in total. The second kappa shape index (κ2) is 5.61. The number of aromatic carboxylic acids is 1. The molecule has 1 amide bonds. The van der Waals surface area contributed by atoms with Crippen molar-refractivity contribution in [2.24, 2.45) is 10.9 Å². The zero-order valence-electron chi connectivity index (χ0n) is 12.9. The maximum absolute atomic E-state index is 12.1. The molecule has 7 heteroatoms. The molecule has 21 heavy (non-hydrogen) atoms. The molecule has 0 unspecified atom stereocenters. The molecule has 0 saturated carbocycles. The van der Waals surface area contributed by atoms with E-state index in [1.807, 2.05) is 13.8 Å². The lowest BCUT2D eigenvalue weighted by molar-refractivity contribution is -0.255. The number of carbonyl (C=O) groups excluding carboxylic acids is 2. The van der Waals surface area contributed by atoms with Crippen LogP contribution in [0.2, 0.25) is 0 Å². The van der Waals surface area contributed by atoms with Crippen molar-refractivity contribution in [2.75, 3.05) is 0 Å². The summed E-state index contributed by atoms with van der Waals surface area (Å²) in [6.07, 6.45) is 1.53. The molecule has 1 aliphatic rings. The van der Waals surface area contributed by atoms with Gasteiger partial charge in [0, 0.05) is 11.8 Å². The molecule has 0 aliphatic carbocycles. The lowest BCUT2D eigenvalue weighted by Crippen LogP contribution is -2.41. The molecule has 2 rings (SSSR count). The Morgan fingerprint density at radius 2 is 2.05 bits per heavy atom. The van der Waals surface area contributed by atoms with E-state index in [2.05, 4.69) is 15.3 Å². The molecule has 1 aromatic heterocycles. The first kappa shape index (κ1) is 16.8. The van der Waals surface area contributed by atoms with E-state index in [4.69, 9.17) is 0 Å². The minimum atomic E-state index is -1.34. The van der Waals surface area contributed by atoms with Crippen LogP contribution in [0.1, 0.15) is 42.4 Å². The van der Waals surface area contributed by atoms with Crippen molar-refractivity contribution in [3.63, 3.8) is 0 Å². The Balaban J connectivity index is 0.00000220. The van der Waals surface area contributed by atoms with E-state index in [9.17, 15) is 14.7 Å². The van der Waals surface area contributed by atoms with Gasteiger partial charge in [0.05, 0.1) is 5.97 Å². The van der Waals surface area contributed by atoms with Gasteiger partial charge in [-0.2, -0.15) is 0 Å². The molecular formula is C14H20N4O3. The van der Waals surface area contributed by atoms with Gasteiger partial charge in [0.2, 0.25) is 0 Å². The van der Waals surface area contributed by atoms with Gasteiger partial charge < -0.3 is 21.4 Å². The Labute approximate surface area is 123 Å². The quantitative estimate of drug-likeness (QED) is 0.835. The Morgan fingerprint density at radius 1 is 1.43 bits per heavy atom. The van der Waals surface area contributed by atoms with Crippen molar-refractivity contribution in [3.05, 3.63) is 29.1 Å². The molecule has 1 aliphatic heterocycles. The third-order valence-electron chi connectivity index (χ3n) is 3.63. The summed E-state index contributed by atoms with van der Waals surface area (Å²) >= 11 is 0. The van der Waals surface area contributed by atoms with Crippen LogP contribution >= 0.6 is 0 Å². The first-order valence-electron chi connectivity index (χ1n) is 6.35. The average molecular weight is 292 g/mol. The van der Waals surface area contributed by atoms with Gasteiger partial charge in [-0.05, 0) is 31.4 Å². The monoisotopic (exact) mass is 292 g/mol. The van der Waals surface area contributed by atoms with E-state index in [0.29, 0.717) is 5.56 Å². The fourth-order valence-corrected chi connectivity index (χ4v) is 1.96.